The molecule has 4 N–H and O–H groups in total. The van der Waals surface area contributed by atoms with Gasteiger partial charge < -0.3 is 20.4 Å². The molecular weight excluding hydrogens is 320 g/mol. The Labute approximate surface area is 138 Å². The second kappa shape index (κ2) is 8.59. The lowest BCUT2D eigenvalue weighted by atomic mass is 10.1. The summed E-state index contributed by atoms with van der Waals surface area (Å²) in [4.78, 5) is 34.9. The second-order valence-electron chi connectivity index (χ2n) is 5.06. The van der Waals surface area contributed by atoms with E-state index in [1.807, 2.05) is 0 Å². The van der Waals surface area contributed by atoms with Gasteiger partial charge in [0.25, 0.3) is 0 Å². The molecule has 2 atom stereocenters. The lowest BCUT2D eigenvalue weighted by Gasteiger charge is -2.30. The van der Waals surface area contributed by atoms with Crippen LogP contribution in [0.2, 0.25) is 0 Å². The summed E-state index contributed by atoms with van der Waals surface area (Å²) in [5.74, 6) is 0.447. The molecule has 0 spiro atoms. The van der Waals surface area contributed by atoms with Crippen molar-refractivity contribution >= 4 is 29.5 Å². The van der Waals surface area contributed by atoms with Crippen molar-refractivity contribution in [1.29, 1.82) is 0 Å². The van der Waals surface area contributed by atoms with E-state index in [0.717, 1.165) is 0 Å². The lowest BCUT2D eigenvalue weighted by molar-refractivity contribution is -0.125. The van der Waals surface area contributed by atoms with Crippen molar-refractivity contribution in [2.75, 3.05) is 12.8 Å². The summed E-state index contributed by atoms with van der Waals surface area (Å²) in [6.45, 7) is 0.330. The Hall–Kier alpha value is -2.00. The molecule has 0 radical (unpaired) electrons. The summed E-state index contributed by atoms with van der Waals surface area (Å²) in [6, 6.07) is 3.30. The molecule has 0 aromatic carbocycles. The second-order valence-corrected chi connectivity index (χ2v) is 6.15. The Morgan fingerprint density at radius 2 is 2.26 bits per heavy atom. The zero-order valence-electron chi connectivity index (χ0n) is 12.8. The fourth-order valence-corrected chi connectivity index (χ4v) is 3.02. The number of hydrogen-bond donors (Lipinski definition) is 4. The molecule has 0 aliphatic carbocycles. The summed E-state index contributed by atoms with van der Waals surface area (Å²) in [6.07, 6.45) is 2.02. The zero-order chi connectivity index (χ0) is 16.7. The molecule has 1 fully saturated rings. The summed E-state index contributed by atoms with van der Waals surface area (Å²) >= 11 is 1.27. The Kier molecular flexibility index (Phi) is 6.48. The Morgan fingerprint density at radius 1 is 1.43 bits per heavy atom. The molecule has 3 amide bonds. The summed E-state index contributed by atoms with van der Waals surface area (Å²) < 4.78 is 5.13. The van der Waals surface area contributed by atoms with Crippen molar-refractivity contribution in [1.82, 2.24) is 21.3 Å². The van der Waals surface area contributed by atoms with Crippen LogP contribution in [-0.2, 0) is 20.9 Å². The average Bonchev–Trinajstić information content (AvgIpc) is 3.03. The van der Waals surface area contributed by atoms with Crippen molar-refractivity contribution in [3.8, 4) is 0 Å². The van der Waals surface area contributed by atoms with Gasteiger partial charge in [-0.2, -0.15) is 0 Å². The van der Waals surface area contributed by atoms with Gasteiger partial charge >= 0.3 is 0 Å². The van der Waals surface area contributed by atoms with E-state index >= 15 is 0 Å². The minimum atomic E-state index is -0.389. The van der Waals surface area contributed by atoms with Crippen molar-refractivity contribution in [2.45, 2.75) is 30.9 Å². The molecule has 2 heterocycles. The zero-order valence-corrected chi connectivity index (χ0v) is 13.6. The van der Waals surface area contributed by atoms with Crippen LogP contribution in [-0.4, -0.2) is 42.1 Å². The maximum Gasteiger partial charge on any atom is 0.230 e. The highest BCUT2D eigenvalue weighted by molar-refractivity contribution is 8.00. The number of hydrogen-bond acceptors (Lipinski definition) is 6. The molecule has 8 nitrogen and oxygen atoms in total. The topological polar surface area (TPSA) is 112 Å². The maximum absolute atomic E-state index is 11.8. The number of rotatable bonds is 7. The third-order valence-corrected chi connectivity index (χ3v) is 4.26. The maximum atomic E-state index is 11.8. The molecule has 126 valence electrons. The van der Waals surface area contributed by atoms with E-state index in [1.165, 1.54) is 11.8 Å². The summed E-state index contributed by atoms with van der Waals surface area (Å²) in [5, 5.41) is 11.2. The standard InChI is InChI=1S/C14H20N4O4S/c1-15-11(19)5-9-6-12(20)18-14(17-9)23-8-13(21)16-7-10-3-2-4-22-10/h2-4,9,14,17H,5-8H2,1H3,(H,15,19)(H,16,21)(H,18,20). The van der Waals surface area contributed by atoms with Gasteiger partial charge in [0.05, 0.1) is 18.6 Å². The number of carbonyl (C=O) groups excluding carboxylic acids is 3. The van der Waals surface area contributed by atoms with E-state index in [4.69, 9.17) is 4.42 Å². The minimum Gasteiger partial charge on any atom is -0.467 e. The molecule has 0 saturated carbocycles. The van der Waals surface area contributed by atoms with Crippen LogP contribution in [0.5, 0.6) is 0 Å². The fraction of sp³-hybridized carbons (Fsp3) is 0.500. The SMILES string of the molecule is CNC(=O)CC1CC(=O)NC(SCC(=O)NCc2ccco2)N1. The number of furan rings is 1. The predicted molar refractivity (Wildman–Crippen MR) is 85.2 cm³/mol. The molecule has 1 aliphatic heterocycles. The smallest absolute Gasteiger partial charge is 0.230 e. The molecule has 23 heavy (non-hydrogen) atoms. The van der Waals surface area contributed by atoms with Crippen molar-refractivity contribution in [3.63, 3.8) is 0 Å². The highest BCUT2D eigenvalue weighted by Gasteiger charge is 2.27. The molecule has 9 heteroatoms. The Morgan fingerprint density at radius 3 is 2.96 bits per heavy atom. The van der Waals surface area contributed by atoms with Crippen molar-refractivity contribution < 1.29 is 18.8 Å². The predicted octanol–water partition coefficient (Wildman–Crippen LogP) is -0.473. The van der Waals surface area contributed by atoms with Gasteiger partial charge in [0.2, 0.25) is 17.7 Å². The van der Waals surface area contributed by atoms with Crippen LogP contribution in [0.1, 0.15) is 18.6 Å². The quantitative estimate of drug-likeness (QED) is 0.534. The molecule has 2 rings (SSSR count). The largest absolute Gasteiger partial charge is 0.467 e. The first-order valence-electron chi connectivity index (χ1n) is 7.23. The van der Waals surface area contributed by atoms with Crippen LogP contribution in [0.25, 0.3) is 0 Å². The van der Waals surface area contributed by atoms with E-state index in [2.05, 4.69) is 21.3 Å². The summed E-state index contributed by atoms with van der Waals surface area (Å²) in [5.41, 5.74) is -0.389. The van der Waals surface area contributed by atoms with Crippen LogP contribution in [0.4, 0.5) is 0 Å². The van der Waals surface area contributed by atoms with Gasteiger partial charge in [-0.1, -0.05) is 0 Å². The fourth-order valence-electron chi connectivity index (χ4n) is 2.10. The van der Waals surface area contributed by atoms with Gasteiger partial charge in [-0.15, -0.1) is 11.8 Å². The molecule has 2 unspecified atom stereocenters. The van der Waals surface area contributed by atoms with Crippen LogP contribution in [0, 0.1) is 0 Å². The normalized spacial score (nSPS) is 20.7. The average molecular weight is 340 g/mol. The first-order chi connectivity index (χ1) is 11.1. The molecule has 0 bridgehead atoms. The Bertz CT molecular complexity index is 549. The number of nitrogens with one attached hydrogen (secondary N) is 4. The molecular formula is C14H20N4O4S. The first-order valence-corrected chi connectivity index (χ1v) is 8.28. The minimum absolute atomic E-state index is 0.128. The number of thioether (sulfide) groups is 1. The van der Waals surface area contributed by atoms with Gasteiger partial charge in [0.1, 0.15) is 11.3 Å². The highest BCUT2D eigenvalue weighted by atomic mass is 32.2. The number of carbonyl (C=O) groups is 3. The third kappa shape index (κ3) is 5.95. The molecule has 1 aromatic heterocycles. The van der Waals surface area contributed by atoms with E-state index in [-0.39, 0.29) is 47.9 Å². The monoisotopic (exact) mass is 340 g/mol. The van der Waals surface area contributed by atoms with Crippen LogP contribution in [0.3, 0.4) is 0 Å². The highest BCUT2D eigenvalue weighted by Crippen LogP contribution is 2.13. The van der Waals surface area contributed by atoms with Crippen LogP contribution < -0.4 is 21.3 Å². The molecule has 1 saturated heterocycles. The molecule has 1 aliphatic rings. The van der Waals surface area contributed by atoms with E-state index in [0.29, 0.717) is 12.3 Å². The van der Waals surface area contributed by atoms with Gasteiger partial charge in [-0.25, -0.2) is 0 Å². The van der Waals surface area contributed by atoms with Crippen molar-refractivity contribution in [3.05, 3.63) is 24.2 Å². The first kappa shape index (κ1) is 17.4. The van der Waals surface area contributed by atoms with E-state index in [9.17, 15) is 14.4 Å². The van der Waals surface area contributed by atoms with E-state index in [1.54, 1.807) is 25.4 Å². The van der Waals surface area contributed by atoms with Crippen LogP contribution in [0.15, 0.2) is 22.8 Å². The van der Waals surface area contributed by atoms with Crippen molar-refractivity contribution in [2.24, 2.45) is 0 Å². The van der Waals surface area contributed by atoms with E-state index < -0.39 is 0 Å². The van der Waals surface area contributed by atoms with Gasteiger partial charge in [-0.3, -0.25) is 19.7 Å². The van der Waals surface area contributed by atoms with Crippen LogP contribution >= 0.6 is 11.8 Å². The van der Waals surface area contributed by atoms with Gasteiger partial charge in [0.15, 0.2) is 0 Å². The lowest BCUT2D eigenvalue weighted by Crippen LogP contribution is -2.56. The third-order valence-electron chi connectivity index (χ3n) is 3.24. The summed E-state index contributed by atoms with van der Waals surface area (Å²) in [7, 11) is 1.56. The Balaban J connectivity index is 1.72. The molecule has 1 aromatic rings. The van der Waals surface area contributed by atoms with Gasteiger partial charge in [0, 0.05) is 25.9 Å². The number of amides is 3. The van der Waals surface area contributed by atoms with Gasteiger partial charge in [-0.05, 0) is 12.1 Å².